The van der Waals surface area contributed by atoms with E-state index in [1.807, 2.05) is 24.4 Å². The molecule has 1 N–H and O–H groups in total. The van der Waals surface area contributed by atoms with Gasteiger partial charge in [0.1, 0.15) is 5.71 Å². The van der Waals surface area contributed by atoms with Gasteiger partial charge in [-0.2, -0.15) is 0 Å². The second-order valence-electron chi connectivity index (χ2n) is 6.21. The minimum atomic E-state index is -0.271. The van der Waals surface area contributed by atoms with Crippen LogP contribution in [-0.2, 0) is 6.42 Å². The maximum absolute atomic E-state index is 13.0. The average Bonchev–Trinajstić information content (AvgIpc) is 3.41. The maximum Gasteiger partial charge on any atom is 0.213 e. The second kappa shape index (κ2) is 7.19. The summed E-state index contributed by atoms with van der Waals surface area (Å²) in [6.45, 7) is 0. The van der Waals surface area contributed by atoms with Crippen molar-refractivity contribution in [1.82, 2.24) is 4.98 Å². The Kier molecular flexibility index (Phi) is 4.57. The molecule has 0 spiro atoms. The zero-order chi connectivity index (χ0) is 19.7. The van der Waals surface area contributed by atoms with Crippen LogP contribution in [0.2, 0.25) is 0 Å². The Morgan fingerprint density at radius 2 is 1.86 bits per heavy atom. The fourth-order valence-corrected chi connectivity index (χ4v) is 3.30. The Bertz CT molecular complexity index is 1050. The Morgan fingerprint density at radius 3 is 2.54 bits per heavy atom. The number of hydrogen-bond donors (Lipinski definition) is 1. The lowest BCUT2D eigenvalue weighted by atomic mass is 9.99. The number of nitrogens with one attached hydrogen (secondary N) is 1. The lowest BCUT2D eigenvalue weighted by Gasteiger charge is -2.13. The minimum absolute atomic E-state index is 0.257. The summed E-state index contributed by atoms with van der Waals surface area (Å²) in [6.07, 6.45) is 8.25. The molecular formula is C21H19N3O4. The molecule has 1 aliphatic heterocycles. The van der Waals surface area contributed by atoms with Crippen LogP contribution in [0.25, 0.3) is 5.57 Å². The number of Topliss-reactive ketones (excluding diaryl/α,β-unsaturated/α-hetero) is 1. The molecule has 0 amide bonds. The van der Waals surface area contributed by atoms with Crippen molar-refractivity contribution in [3.63, 3.8) is 0 Å². The monoisotopic (exact) mass is 377 g/mol. The van der Waals surface area contributed by atoms with Gasteiger partial charge in [0.15, 0.2) is 17.3 Å². The Balaban J connectivity index is 1.72. The van der Waals surface area contributed by atoms with Crippen molar-refractivity contribution in [3.05, 3.63) is 59.2 Å². The van der Waals surface area contributed by atoms with Crippen LogP contribution in [0.15, 0.2) is 52.4 Å². The number of ketones is 1. The molecule has 7 nitrogen and oxygen atoms in total. The van der Waals surface area contributed by atoms with Crippen LogP contribution in [0.3, 0.4) is 0 Å². The number of H-pyrrole nitrogens is 1. The highest BCUT2D eigenvalue weighted by atomic mass is 16.5. The largest absolute Gasteiger partial charge is 0.493 e. The molecule has 0 saturated heterocycles. The van der Waals surface area contributed by atoms with E-state index in [-0.39, 0.29) is 11.5 Å². The zero-order valence-corrected chi connectivity index (χ0v) is 15.8. The summed E-state index contributed by atoms with van der Waals surface area (Å²) in [7, 11) is 4.53. The molecule has 142 valence electrons. The Morgan fingerprint density at radius 1 is 1.11 bits per heavy atom. The normalized spacial score (nSPS) is 17.3. The number of nitrogens with zero attached hydrogens (tertiary/aromatic N) is 2. The van der Waals surface area contributed by atoms with Crippen LogP contribution in [0.4, 0.5) is 0 Å². The molecule has 1 aliphatic carbocycles. The number of benzene rings is 1. The van der Waals surface area contributed by atoms with Gasteiger partial charge in [0.2, 0.25) is 11.5 Å². The third kappa shape index (κ3) is 2.90. The van der Waals surface area contributed by atoms with E-state index in [4.69, 9.17) is 14.2 Å². The van der Waals surface area contributed by atoms with E-state index in [1.54, 1.807) is 12.1 Å². The summed E-state index contributed by atoms with van der Waals surface area (Å²) in [5.41, 5.74) is 3.70. The predicted molar refractivity (Wildman–Crippen MR) is 107 cm³/mol. The van der Waals surface area contributed by atoms with Crippen molar-refractivity contribution >= 4 is 23.3 Å². The van der Waals surface area contributed by atoms with Crippen LogP contribution in [0, 0.1) is 0 Å². The van der Waals surface area contributed by atoms with Crippen molar-refractivity contribution in [2.75, 3.05) is 21.3 Å². The topological polar surface area (TPSA) is 85.3 Å². The third-order valence-corrected chi connectivity index (χ3v) is 4.67. The minimum Gasteiger partial charge on any atom is -0.493 e. The average molecular weight is 377 g/mol. The molecule has 0 fully saturated rings. The molecule has 0 atom stereocenters. The smallest absolute Gasteiger partial charge is 0.213 e. The summed E-state index contributed by atoms with van der Waals surface area (Å²) < 4.78 is 16.0. The molecule has 0 bridgehead atoms. The number of rotatable bonds is 5. The molecule has 28 heavy (non-hydrogen) atoms. The molecule has 2 aliphatic rings. The number of ether oxygens (including phenoxy) is 3. The highest BCUT2D eigenvalue weighted by Crippen LogP contribution is 2.38. The molecule has 7 heteroatoms. The molecule has 0 saturated carbocycles. The number of aliphatic imine (C=N–C) groups is 2. The summed E-state index contributed by atoms with van der Waals surface area (Å²) in [5, 5.41) is 0. The first-order valence-corrected chi connectivity index (χ1v) is 8.71. The van der Waals surface area contributed by atoms with Gasteiger partial charge in [0.25, 0.3) is 0 Å². The Labute approximate surface area is 162 Å². The molecule has 1 aromatic heterocycles. The molecule has 0 unspecified atom stereocenters. The van der Waals surface area contributed by atoms with E-state index in [1.165, 1.54) is 27.5 Å². The lowest BCUT2D eigenvalue weighted by Crippen LogP contribution is -2.14. The van der Waals surface area contributed by atoms with Gasteiger partial charge in [0.05, 0.1) is 27.5 Å². The number of aromatic amines is 1. The summed E-state index contributed by atoms with van der Waals surface area (Å²) >= 11 is 0. The standard InChI is InChI=1S/C21H19N3O4/c1-26-17-9-12(10-18(27-2)20(17)28-3)19(25)16-11-23-21(24-16)14-5-4-6-15-13(14)7-8-22-15/h4-5,7-11,22H,6H2,1-3H3. The van der Waals surface area contributed by atoms with Gasteiger partial charge < -0.3 is 19.2 Å². The van der Waals surface area contributed by atoms with Crippen molar-refractivity contribution < 1.29 is 19.0 Å². The number of carbonyl (C=O) groups excluding carboxylic acids is 1. The fourth-order valence-electron chi connectivity index (χ4n) is 3.30. The zero-order valence-electron chi connectivity index (χ0n) is 15.8. The summed E-state index contributed by atoms with van der Waals surface area (Å²) in [4.78, 5) is 25.0. The number of fused-ring (bicyclic) bond motifs is 1. The van der Waals surface area contributed by atoms with Crippen LogP contribution in [0.1, 0.15) is 21.6 Å². The van der Waals surface area contributed by atoms with Gasteiger partial charge in [0, 0.05) is 35.0 Å². The number of aromatic nitrogens is 1. The third-order valence-electron chi connectivity index (χ3n) is 4.67. The molecule has 4 rings (SSSR count). The molecular weight excluding hydrogens is 358 g/mol. The van der Waals surface area contributed by atoms with Crippen molar-refractivity contribution in [2.45, 2.75) is 6.42 Å². The van der Waals surface area contributed by atoms with Gasteiger partial charge in [-0.05, 0) is 18.2 Å². The predicted octanol–water partition coefficient (Wildman–Crippen LogP) is 3.23. The van der Waals surface area contributed by atoms with E-state index in [9.17, 15) is 4.79 Å². The van der Waals surface area contributed by atoms with Gasteiger partial charge in [-0.1, -0.05) is 12.2 Å². The van der Waals surface area contributed by atoms with E-state index >= 15 is 0 Å². The van der Waals surface area contributed by atoms with E-state index in [0.29, 0.717) is 28.6 Å². The Hall–Kier alpha value is -3.61. The van der Waals surface area contributed by atoms with Crippen LogP contribution >= 0.6 is 0 Å². The number of hydrogen-bond acceptors (Lipinski definition) is 6. The van der Waals surface area contributed by atoms with Gasteiger partial charge >= 0.3 is 0 Å². The number of allylic oxidation sites excluding steroid dienone is 3. The van der Waals surface area contributed by atoms with Gasteiger partial charge in [-0.3, -0.25) is 4.79 Å². The van der Waals surface area contributed by atoms with Gasteiger partial charge in [-0.15, -0.1) is 0 Å². The maximum atomic E-state index is 13.0. The first-order valence-electron chi connectivity index (χ1n) is 8.71. The number of methoxy groups -OCH3 is 3. The van der Waals surface area contributed by atoms with E-state index in [0.717, 1.165) is 23.3 Å². The van der Waals surface area contributed by atoms with Crippen LogP contribution < -0.4 is 14.2 Å². The first-order chi connectivity index (χ1) is 13.7. The molecule has 2 aromatic rings. The summed E-state index contributed by atoms with van der Waals surface area (Å²) in [5.74, 6) is 1.50. The SMILES string of the molecule is COc1cc(C(=O)C2=NC(=C3C=CCc4[nH]ccc43)N=C2)cc(OC)c1OC. The summed E-state index contributed by atoms with van der Waals surface area (Å²) in [6, 6.07) is 5.21. The van der Waals surface area contributed by atoms with Crippen molar-refractivity contribution in [3.8, 4) is 17.2 Å². The molecule has 2 heterocycles. The van der Waals surface area contributed by atoms with E-state index in [2.05, 4.69) is 15.0 Å². The quantitative estimate of drug-likeness (QED) is 0.811. The van der Waals surface area contributed by atoms with Crippen molar-refractivity contribution in [2.24, 2.45) is 9.98 Å². The van der Waals surface area contributed by atoms with Crippen LogP contribution in [0.5, 0.6) is 17.2 Å². The highest BCUT2D eigenvalue weighted by Gasteiger charge is 2.23. The molecule has 0 radical (unpaired) electrons. The first kappa shape index (κ1) is 17.8. The fraction of sp³-hybridized carbons (Fsp3) is 0.190. The highest BCUT2D eigenvalue weighted by molar-refractivity contribution is 6.65. The van der Waals surface area contributed by atoms with Crippen molar-refractivity contribution in [1.29, 1.82) is 0 Å². The molecule has 1 aromatic carbocycles. The lowest BCUT2D eigenvalue weighted by molar-refractivity contribution is 0.106. The second-order valence-corrected chi connectivity index (χ2v) is 6.21. The van der Waals surface area contributed by atoms with Crippen LogP contribution in [-0.4, -0.2) is 44.0 Å². The number of carbonyl (C=O) groups is 1. The van der Waals surface area contributed by atoms with E-state index < -0.39 is 0 Å². The van der Waals surface area contributed by atoms with Gasteiger partial charge in [-0.25, -0.2) is 9.98 Å².